The number of urea groups is 1. The Morgan fingerprint density at radius 2 is 2.16 bits per heavy atom. The Labute approximate surface area is 149 Å². The molecule has 3 heterocycles. The SMILES string of the molecule is O=C(CCCC[C@@H]1SC[C@@H]2NC(=O)N[C@@H]21)Nc1nc2ccccc2[nH]1. The smallest absolute Gasteiger partial charge is 0.315 e. The Morgan fingerprint density at radius 3 is 3.04 bits per heavy atom. The number of hydrogen-bond donors (Lipinski definition) is 4. The second-order valence-corrected chi connectivity index (χ2v) is 7.79. The molecule has 132 valence electrons. The van der Waals surface area contributed by atoms with Crippen LogP contribution in [-0.4, -0.2) is 45.0 Å². The summed E-state index contributed by atoms with van der Waals surface area (Å²) in [6, 6.07) is 8.14. The maximum absolute atomic E-state index is 12.1. The van der Waals surface area contributed by atoms with Gasteiger partial charge in [-0.15, -0.1) is 0 Å². The number of benzene rings is 1. The third kappa shape index (κ3) is 3.58. The van der Waals surface area contributed by atoms with Gasteiger partial charge in [-0.05, 0) is 25.0 Å². The summed E-state index contributed by atoms with van der Waals surface area (Å²) >= 11 is 1.91. The zero-order chi connectivity index (χ0) is 17.2. The van der Waals surface area contributed by atoms with Gasteiger partial charge in [0.15, 0.2) is 0 Å². The van der Waals surface area contributed by atoms with Gasteiger partial charge in [0.25, 0.3) is 0 Å². The topological polar surface area (TPSA) is 98.9 Å². The maximum atomic E-state index is 12.1. The molecule has 0 radical (unpaired) electrons. The van der Waals surface area contributed by atoms with Crippen molar-refractivity contribution in [1.29, 1.82) is 0 Å². The number of aromatic amines is 1. The number of rotatable bonds is 6. The van der Waals surface area contributed by atoms with Crippen molar-refractivity contribution in [2.24, 2.45) is 0 Å². The summed E-state index contributed by atoms with van der Waals surface area (Å²) in [5.41, 5.74) is 1.76. The van der Waals surface area contributed by atoms with Gasteiger partial charge >= 0.3 is 6.03 Å². The summed E-state index contributed by atoms with van der Waals surface area (Å²) in [4.78, 5) is 30.9. The van der Waals surface area contributed by atoms with Gasteiger partial charge < -0.3 is 15.6 Å². The van der Waals surface area contributed by atoms with Crippen molar-refractivity contribution in [2.75, 3.05) is 11.1 Å². The molecule has 2 aromatic rings. The number of thioether (sulfide) groups is 1. The van der Waals surface area contributed by atoms with E-state index in [4.69, 9.17) is 0 Å². The summed E-state index contributed by atoms with van der Waals surface area (Å²) in [5.74, 6) is 1.45. The molecule has 0 unspecified atom stereocenters. The van der Waals surface area contributed by atoms with Gasteiger partial charge in [0, 0.05) is 17.4 Å². The molecule has 2 aliphatic heterocycles. The maximum Gasteiger partial charge on any atom is 0.315 e. The lowest BCUT2D eigenvalue weighted by molar-refractivity contribution is -0.116. The Kier molecular flexibility index (Phi) is 4.52. The van der Waals surface area contributed by atoms with Crippen molar-refractivity contribution in [3.05, 3.63) is 24.3 Å². The first kappa shape index (κ1) is 16.3. The van der Waals surface area contributed by atoms with E-state index >= 15 is 0 Å². The molecule has 0 aliphatic carbocycles. The summed E-state index contributed by atoms with van der Waals surface area (Å²) in [5, 5.41) is 9.22. The lowest BCUT2D eigenvalue weighted by atomic mass is 10.0. The highest BCUT2D eigenvalue weighted by molar-refractivity contribution is 8.00. The van der Waals surface area contributed by atoms with Crippen molar-refractivity contribution in [1.82, 2.24) is 20.6 Å². The number of para-hydroxylation sites is 2. The number of carbonyl (C=O) groups excluding carboxylic acids is 2. The molecule has 0 bridgehead atoms. The number of nitrogens with zero attached hydrogens (tertiary/aromatic N) is 1. The summed E-state index contributed by atoms with van der Waals surface area (Å²) in [7, 11) is 0. The van der Waals surface area contributed by atoms with Crippen LogP contribution in [0.3, 0.4) is 0 Å². The number of anilines is 1. The average Bonchev–Trinajstić information content (AvgIpc) is 3.25. The van der Waals surface area contributed by atoms with Crippen LogP contribution in [0.2, 0.25) is 0 Å². The average molecular weight is 359 g/mol. The molecule has 2 aliphatic rings. The minimum absolute atomic E-state index is 0.0214. The van der Waals surface area contributed by atoms with Crippen LogP contribution in [0.1, 0.15) is 25.7 Å². The molecule has 2 fully saturated rings. The number of hydrogen-bond acceptors (Lipinski definition) is 4. The predicted molar refractivity (Wildman–Crippen MR) is 98.7 cm³/mol. The zero-order valence-corrected chi connectivity index (χ0v) is 14.6. The Bertz CT molecular complexity index is 759. The minimum Gasteiger partial charge on any atom is -0.332 e. The number of aromatic nitrogens is 2. The fourth-order valence-corrected chi connectivity index (χ4v) is 5.02. The molecule has 0 spiro atoms. The summed E-state index contributed by atoms with van der Waals surface area (Å²) in [6.07, 6.45) is 3.31. The van der Waals surface area contributed by atoms with Crippen LogP contribution < -0.4 is 16.0 Å². The van der Waals surface area contributed by atoms with Crippen LogP contribution in [0, 0.1) is 0 Å². The van der Waals surface area contributed by atoms with Gasteiger partial charge in [0.05, 0.1) is 23.1 Å². The van der Waals surface area contributed by atoms with Crippen molar-refractivity contribution in [2.45, 2.75) is 43.0 Å². The van der Waals surface area contributed by atoms with E-state index < -0.39 is 0 Å². The van der Waals surface area contributed by atoms with Gasteiger partial charge in [-0.3, -0.25) is 10.1 Å². The standard InChI is InChI=1S/C17H21N5O2S/c23-14(21-16-18-10-5-1-2-6-11(10)19-16)8-4-3-7-13-15-12(9-25-13)20-17(24)22-15/h1-2,5-6,12-13,15H,3-4,7-9H2,(H2,20,22,24)(H2,18,19,21,23)/t12-,13-,15-/m0/s1. The molecular weight excluding hydrogens is 338 g/mol. The van der Waals surface area contributed by atoms with Crippen LogP contribution in [0.5, 0.6) is 0 Å². The van der Waals surface area contributed by atoms with Gasteiger partial charge in [0.2, 0.25) is 11.9 Å². The molecule has 1 aromatic heterocycles. The molecule has 0 saturated carbocycles. The largest absolute Gasteiger partial charge is 0.332 e. The molecule has 4 rings (SSSR count). The molecule has 8 heteroatoms. The first-order valence-corrected chi connectivity index (χ1v) is 9.67. The molecular formula is C17H21N5O2S. The Hall–Kier alpha value is -2.22. The lowest BCUT2D eigenvalue weighted by Gasteiger charge is -2.16. The number of fused-ring (bicyclic) bond motifs is 2. The van der Waals surface area contributed by atoms with Crippen LogP contribution in [0.4, 0.5) is 10.7 Å². The Balaban J connectivity index is 1.20. The zero-order valence-electron chi connectivity index (χ0n) is 13.7. The van der Waals surface area contributed by atoms with E-state index in [1.807, 2.05) is 36.0 Å². The van der Waals surface area contributed by atoms with E-state index in [0.29, 0.717) is 17.6 Å². The first-order chi connectivity index (χ1) is 12.2. The molecule has 4 N–H and O–H groups in total. The van der Waals surface area contributed by atoms with Gasteiger partial charge in [-0.1, -0.05) is 18.6 Å². The van der Waals surface area contributed by atoms with Crippen LogP contribution in [-0.2, 0) is 4.79 Å². The molecule has 7 nitrogen and oxygen atoms in total. The number of H-pyrrole nitrogens is 1. The molecule has 2 saturated heterocycles. The highest BCUT2D eigenvalue weighted by Crippen LogP contribution is 2.33. The predicted octanol–water partition coefficient (Wildman–Crippen LogP) is 2.23. The fraction of sp³-hybridized carbons (Fsp3) is 0.471. The molecule has 3 amide bonds. The van der Waals surface area contributed by atoms with Crippen LogP contribution in [0.25, 0.3) is 11.0 Å². The quantitative estimate of drug-likeness (QED) is 0.469. The minimum atomic E-state index is -0.0505. The van der Waals surface area contributed by atoms with E-state index in [9.17, 15) is 9.59 Å². The van der Waals surface area contributed by atoms with Crippen molar-refractivity contribution in [3.8, 4) is 0 Å². The Morgan fingerprint density at radius 1 is 1.28 bits per heavy atom. The van der Waals surface area contributed by atoms with Gasteiger partial charge in [-0.2, -0.15) is 11.8 Å². The van der Waals surface area contributed by atoms with E-state index in [2.05, 4.69) is 25.9 Å². The second kappa shape index (κ2) is 6.95. The number of carbonyl (C=O) groups is 2. The summed E-state index contributed by atoms with van der Waals surface area (Å²) < 4.78 is 0. The van der Waals surface area contributed by atoms with Crippen molar-refractivity contribution in [3.63, 3.8) is 0 Å². The third-order valence-corrected chi connectivity index (χ3v) is 6.24. The normalized spacial score (nSPS) is 24.8. The molecule has 1 aromatic carbocycles. The van der Waals surface area contributed by atoms with E-state index in [0.717, 1.165) is 36.0 Å². The fourth-order valence-electron chi connectivity index (χ4n) is 3.48. The first-order valence-electron chi connectivity index (χ1n) is 8.62. The molecule has 25 heavy (non-hydrogen) atoms. The highest BCUT2D eigenvalue weighted by atomic mass is 32.2. The highest BCUT2D eigenvalue weighted by Gasteiger charge is 2.42. The third-order valence-electron chi connectivity index (χ3n) is 4.73. The monoisotopic (exact) mass is 359 g/mol. The number of amides is 3. The van der Waals surface area contributed by atoms with E-state index in [1.165, 1.54) is 0 Å². The number of imidazole rings is 1. The summed E-state index contributed by atoms with van der Waals surface area (Å²) in [6.45, 7) is 0. The van der Waals surface area contributed by atoms with Crippen LogP contribution in [0.15, 0.2) is 24.3 Å². The van der Waals surface area contributed by atoms with Crippen LogP contribution >= 0.6 is 11.8 Å². The molecule has 3 atom stereocenters. The number of unbranched alkanes of at least 4 members (excludes halogenated alkanes) is 1. The van der Waals surface area contributed by atoms with Crippen molar-refractivity contribution < 1.29 is 9.59 Å². The van der Waals surface area contributed by atoms with Crippen molar-refractivity contribution >= 4 is 40.7 Å². The van der Waals surface area contributed by atoms with Gasteiger partial charge in [-0.25, -0.2) is 9.78 Å². The lowest BCUT2D eigenvalue weighted by Crippen LogP contribution is -2.36. The second-order valence-electron chi connectivity index (χ2n) is 6.52. The number of nitrogens with one attached hydrogen (secondary N) is 4. The van der Waals surface area contributed by atoms with E-state index in [-0.39, 0.29) is 24.0 Å². The van der Waals surface area contributed by atoms with E-state index in [1.54, 1.807) is 0 Å². The van der Waals surface area contributed by atoms with Gasteiger partial charge in [0.1, 0.15) is 0 Å².